The molecule has 0 aliphatic carbocycles. The number of aliphatic hydroxyl groups is 1. The van der Waals surface area contributed by atoms with Crippen molar-refractivity contribution in [2.75, 3.05) is 27.2 Å². The third kappa shape index (κ3) is 5.20. The van der Waals surface area contributed by atoms with Crippen LogP contribution in [0.1, 0.15) is 37.6 Å². The van der Waals surface area contributed by atoms with E-state index in [1.807, 2.05) is 31.0 Å². The first-order valence-corrected chi connectivity index (χ1v) is 14.1. The fourth-order valence-corrected chi connectivity index (χ4v) is 6.40. The molecule has 2 aromatic rings. The highest BCUT2D eigenvalue weighted by Gasteiger charge is 2.46. The van der Waals surface area contributed by atoms with E-state index in [0.717, 1.165) is 17.1 Å². The molecule has 0 fully saturated rings. The van der Waals surface area contributed by atoms with Crippen LogP contribution >= 0.6 is 21.6 Å². The number of nitrogens with zero attached hydrogens (tertiary/aromatic N) is 4. The Bertz CT molecular complexity index is 1090. The third-order valence-corrected chi connectivity index (χ3v) is 9.15. The fraction of sp³-hybridized carbons (Fsp3) is 0.370. The largest absolute Gasteiger partial charge is 0.396 e. The number of rotatable bonds is 9. The van der Waals surface area contributed by atoms with Gasteiger partial charge in [-0.05, 0) is 29.7 Å². The zero-order valence-corrected chi connectivity index (χ0v) is 22.5. The molecule has 0 bridgehead atoms. The predicted octanol–water partition coefficient (Wildman–Crippen LogP) is 5.71. The first-order valence-electron chi connectivity index (χ1n) is 11.9. The highest BCUT2D eigenvalue weighted by Crippen LogP contribution is 2.46. The minimum atomic E-state index is -0.119. The predicted molar refractivity (Wildman–Crippen MR) is 145 cm³/mol. The lowest BCUT2D eigenvalue weighted by atomic mass is 10.1. The van der Waals surface area contributed by atoms with Crippen molar-refractivity contribution in [1.82, 2.24) is 19.6 Å². The van der Waals surface area contributed by atoms with E-state index in [0.29, 0.717) is 30.5 Å². The van der Waals surface area contributed by atoms with Crippen molar-refractivity contribution < 1.29 is 9.90 Å². The van der Waals surface area contributed by atoms with Crippen LogP contribution in [0, 0.1) is 0 Å². The minimum Gasteiger partial charge on any atom is -0.396 e. The Kier molecular flexibility index (Phi) is 8.04. The van der Waals surface area contributed by atoms with Crippen molar-refractivity contribution in [3.05, 3.63) is 89.5 Å². The highest BCUT2D eigenvalue weighted by atomic mass is 33.1. The molecule has 0 saturated heterocycles. The van der Waals surface area contributed by atoms with Gasteiger partial charge in [-0.15, -0.1) is 0 Å². The molecule has 2 aromatic carbocycles. The molecule has 2 aliphatic rings. The lowest BCUT2D eigenvalue weighted by Gasteiger charge is -2.37. The number of benzene rings is 2. The molecule has 4 rings (SSSR count). The van der Waals surface area contributed by atoms with Gasteiger partial charge in [0.05, 0.1) is 5.70 Å². The van der Waals surface area contributed by atoms with Crippen LogP contribution in [0.3, 0.4) is 0 Å². The molecule has 2 amide bonds. The Balaban J connectivity index is 1.72. The van der Waals surface area contributed by atoms with Gasteiger partial charge in [0.15, 0.2) is 0 Å². The summed E-state index contributed by atoms with van der Waals surface area (Å²) >= 11 is 0. The van der Waals surface area contributed by atoms with Crippen LogP contribution in [-0.2, 0) is 6.54 Å². The molecule has 1 unspecified atom stereocenters. The lowest BCUT2D eigenvalue weighted by Crippen LogP contribution is -2.47. The molecule has 2 heterocycles. The van der Waals surface area contributed by atoms with Crippen LogP contribution in [0.15, 0.2) is 83.3 Å². The number of hydrogen-bond acceptors (Lipinski definition) is 6. The Labute approximate surface area is 216 Å². The van der Waals surface area contributed by atoms with E-state index in [1.165, 1.54) is 10.5 Å². The van der Waals surface area contributed by atoms with Crippen molar-refractivity contribution >= 4 is 27.6 Å². The van der Waals surface area contributed by atoms with Crippen LogP contribution < -0.4 is 0 Å². The van der Waals surface area contributed by atoms with Crippen LogP contribution in [-0.4, -0.2) is 63.2 Å². The second-order valence-corrected chi connectivity index (χ2v) is 11.9. The van der Waals surface area contributed by atoms with Gasteiger partial charge in [-0.2, -0.15) is 0 Å². The Morgan fingerprint density at radius 1 is 1.06 bits per heavy atom. The summed E-state index contributed by atoms with van der Waals surface area (Å²) in [4.78, 5) is 22.4. The fourth-order valence-electron chi connectivity index (χ4n) is 4.60. The molecule has 6 nitrogen and oxygen atoms in total. The van der Waals surface area contributed by atoms with Crippen molar-refractivity contribution in [2.24, 2.45) is 0 Å². The monoisotopic (exact) mass is 510 g/mol. The number of hydrogen-bond donors (Lipinski definition) is 1. The first-order chi connectivity index (χ1) is 16.8. The quantitative estimate of drug-likeness (QED) is 0.436. The van der Waals surface area contributed by atoms with Crippen LogP contribution in [0.25, 0.3) is 0 Å². The van der Waals surface area contributed by atoms with E-state index >= 15 is 0 Å². The normalized spacial score (nSPS) is 18.3. The smallest absolute Gasteiger partial charge is 0.329 e. The molecule has 0 saturated carbocycles. The standard InChI is InChI=1S/C27H34N4O2S2/c1-19(2)34-35-23-14-12-22(13-15-23)25-28(4)26-24(31(25)18-21-10-7-6-8-11-21)20(3)30(16-9-17-32)27(33)29(26)5/h6-8,10-15,19,25,32H,3,9,16-18H2,1-2,4-5H3. The summed E-state index contributed by atoms with van der Waals surface area (Å²) in [6.07, 6.45) is 0.425. The maximum absolute atomic E-state index is 13.2. The van der Waals surface area contributed by atoms with Crippen molar-refractivity contribution in [3.63, 3.8) is 0 Å². The summed E-state index contributed by atoms with van der Waals surface area (Å²) in [5, 5.41) is 9.94. The number of carbonyl (C=O) groups is 1. The Hall–Kier alpha value is -2.55. The highest BCUT2D eigenvalue weighted by molar-refractivity contribution is 8.76. The minimum absolute atomic E-state index is 0.0302. The number of amides is 2. The van der Waals surface area contributed by atoms with E-state index in [2.05, 4.69) is 78.8 Å². The summed E-state index contributed by atoms with van der Waals surface area (Å²) in [6.45, 7) is 9.90. The van der Waals surface area contributed by atoms with Gasteiger partial charge >= 0.3 is 6.03 Å². The molecular formula is C27H34N4O2S2. The van der Waals surface area contributed by atoms with Gasteiger partial charge in [-0.3, -0.25) is 9.80 Å². The van der Waals surface area contributed by atoms with Crippen LogP contribution in [0.4, 0.5) is 4.79 Å². The second kappa shape index (κ2) is 11.0. The van der Waals surface area contributed by atoms with Crippen LogP contribution in [0.5, 0.6) is 0 Å². The number of urea groups is 1. The zero-order chi connectivity index (χ0) is 25.1. The van der Waals surface area contributed by atoms with Crippen molar-refractivity contribution in [2.45, 2.75) is 43.1 Å². The molecule has 0 spiro atoms. The van der Waals surface area contributed by atoms with Gasteiger partial charge in [0.25, 0.3) is 0 Å². The SMILES string of the molecule is C=C1C2=C(N(C)C(=O)N1CCCO)N(C)C(c1ccc(SSC(C)C)cc1)N2Cc1ccccc1. The van der Waals surface area contributed by atoms with Gasteiger partial charge < -0.3 is 14.9 Å². The molecule has 0 radical (unpaired) electrons. The van der Waals surface area contributed by atoms with E-state index in [-0.39, 0.29) is 18.8 Å². The number of carbonyl (C=O) groups excluding carboxylic acids is 1. The van der Waals surface area contributed by atoms with Gasteiger partial charge in [0.2, 0.25) is 0 Å². The summed E-state index contributed by atoms with van der Waals surface area (Å²) < 4.78 is 0. The summed E-state index contributed by atoms with van der Waals surface area (Å²) in [5.74, 6) is 0.856. The van der Waals surface area contributed by atoms with E-state index in [1.54, 1.807) is 20.6 Å². The van der Waals surface area contributed by atoms with Crippen molar-refractivity contribution in [3.8, 4) is 0 Å². The van der Waals surface area contributed by atoms with E-state index in [9.17, 15) is 9.90 Å². The molecule has 1 atom stereocenters. The molecule has 0 aromatic heterocycles. The van der Waals surface area contributed by atoms with Crippen molar-refractivity contribution in [1.29, 1.82) is 0 Å². The third-order valence-electron chi connectivity index (χ3n) is 6.18. The summed E-state index contributed by atoms with van der Waals surface area (Å²) in [6, 6.07) is 19.0. The first kappa shape index (κ1) is 25.5. The van der Waals surface area contributed by atoms with Gasteiger partial charge in [0.1, 0.15) is 17.7 Å². The number of aliphatic hydroxyl groups excluding tert-OH is 1. The molecule has 2 aliphatic heterocycles. The molecular weight excluding hydrogens is 476 g/mol. The molecule has 1 N–H and O–H groups in total. The maximum Gasteiger partial charge on any atom is 0.329 e. The Morgan fingerprint density at radius 2 is 1.74 bits per heavy atom. The summed E-state index contributed by atoms with van der Waals surface area (Å²) in [7, 11) is 7.52. The maximum atomic E-state index is 13.2. The van der Waals surface area contributed by atoms with Crippen LogP contribution in [0.2, 0.25) is 0 Å². The van der Waals surface area contributed by atoms with Gasteiger partial charge in [0, 0.05) is 43.9 Å². The lowest BCUT2D eigenvalue weighted by molar-refractivity contribution is 0.141. The van der Waals surface area contributed by atoms with Gasteiger partial charge in [-0.1, -0.05) is 84.5 Å². The zero-order valence-electron chi connectivity index (χ0n) is 20.8. The summed E-state index contributed by atoms with van der Waals surface area (Å²) in [5.41, 5.74) is 3.99. The van der Waals surface area contributed by atoms with E-state index < -0.39 is 0 Å². The average molecular weight is 511 g/mol. The topological polar surface area (TPSA) is 50.3 Å². The second-order valence-electron chi connectivity index (χ2n) is 9.08. The molecule has 35 heavy (non-hydrogen) atoms. The Morgan fingerprint density at radius 3 is 2.37 bits per heavy atom. The molecule has 8 heteroatoms. The van der Waals surface area contributed by atoms with E-state index in [4.69, 9.17) is 0 Å². The average Bonchev–Trinajstić information content (AvgIpc) is 3.14. The molecule has 186 valence electrons. The van der Waals surface area contributed by atoms with Gasteiger partial charge in [-0.25, -0.2) is 4.79 Å².